The molecule has 0 aromatic heterocycles. The van der Waals surface area contributed by atoms with E-state index in [1.54, 1.807) is 0 Å². The fourth-order valence-corrected chi connectivity index (χ4v) is 6.66. The van der Waals surface area contributed by atoms with Crippen molar-refractivity contribution in [1.82, 2.24) is 0 Å². The van der Waals surface area contributed by atoms with E-state index >= 15 is 0 Å². The van der Waals surface area contributed by atoms with Crippen LogP contribution in [0.25, 0.3) is 65.3 Å². The molecule has 8 aromatic rings. The van der Waals surface area contributed by atoms with Crippen LogP contribution in [0.3, 0.4) is 0 Å². The second-order valence-electron chi connectivity index (χ2n) is 12.4. The number of aryl methyl sites for hydroxylation is 2. The molecule has 0 unspecified atom stereocenters. The van der Waals surface area contributed by atoms with E-state index in [0.29, 0.717) is 0 Å². The molecule has 0 aliphatic heterocycles. The Bertz CT molecular complexity index is 2060. The van der Waals surface area contributed by atoms with Crippen molar-refractivity contribution in [3.05, 3.63) is 164 Å². The monoisotopic (exact) mass is 759 g/mol. The van der Waals surface area contributed by atoms with Gasteiger partial charge < -0.3 is 7.43 Å². The van der Waals surface area contributed by atoms with Crippen molar-refractivity contribution in [2.75, 3.05) is 0 Å². The van der Waals surface area contributed by atoms with Gasteiger partial charge in [-0.05, 0) is 32.7 Å². The minimum absolute atomic E-state index is 0. The maximum atomic E-state index is 2.28. The van der Waals surface area contributed by atoms with Crippen LogP contribution in [0.1, 0.15) is 50.7 Å². The number of hydrogen-bond donors (Lipinski definition) is 0. The normalized spacial score (nSPS) is 9.88. The third-order valence-corrected chi connectivity index (χ3v) is 8.91. The molecule has 5 radical (unpaired) electrons. The fourth-order valence-electron chi connectivity index (χ4n) is 6.66. The van der Waals surface area contributed by atoms with Gasteiger partial charge in [0.05, 0.1) is 0 Å². The topological polar surface area (TPSA) is 0 Å². The molecule has 0 heterocycles. The van der Waals surface area contributed by atoms with Crippen molar-refractivity contribution >= 4 is 78.9 Å². The number of halogens is 2. The van der Waals surface area contributed by atoms with Gasteiger partial charge in [-0.25, -0.2) is 0 Å². The van der Waals surface area contributed by atoms with Crippen LogP contribution in [0.2, 0.25) is 0 Å². The Morgan fingerprint density at radius 2 is 0.745 bits per heavy atom. The molecule has 0 bridgehead atoms. The summed E-state index contributed by atoms with van der Waals surface area (Å²) in [5.74, 6) is 0. The second-order valence-corrected chi connectivity index (χ2v) is 12.4. The third-order valence-electron chi connectivity index (χ3n) is 8.91. The van der Waals surface area contributed by atoms with Gasteiger partial charge in [0.2, 0.25) is 0 Å². The minimum atomic E-state index is 0. The smallest absolute Gasteiger partial charge is 0.358 e. The van der Waals surface area contributed by atoms with Crippen LogP contribution in [0.15, 0.2) is 146 Å². The molecular formula is C47H49Cl2SiTi. The Labute approximate surface area is 338 Å². The predicted octanol–water partition coefficient (Wildman–Crippen LogP) is 14.9. The van der Waals surface area contributed by atoms with Crippen molar-refractivity contribution in [3.8, 4) is 22.3 Å². The molecule has 259 valence electrons. The molecule has 8 rings (SSSR count). The van der Waals surface area contributed by atoms with Crippen LogP contribution >= 0.6 is 24.8 Å². The van der Waals surface area contributed by atoms with Crippen LogP contribution in [-0.4, -0.2) is 11.0 Å². The van der Waals surface area contributed by atoms with Gasteiger partial charge in [0.15, 0.2) is 0 Å². The average Bonchev–Trinajstić information content (AvgIpc) is 3.68. The van der Waals surface area contributed by atoms with E-state index in [1.165, 1.54) is 102 Å². The first kappa shape index (κ1) is 45.6. The number of rotatable bonds is 5. The van der Waals surface area contributed by atoms with E-state index in [-0.39, 0.29) is 64.9 Å². The van der Waals surface area contributed by atoms with Crippen LogP contribution in [-0.2, 0) is 21.7 Å². The van der Waals surface area contributed by atoms with Crippen LogP contribution in [0.5, 0.6) is 0 Å². The maximum Gasteiger partial charge on any atom is 3.00 e. The van der Waals surface area contributed by atoms with E-state index in [4.69, 9.17) is 0 Å². The summed E-state index contributed by atoms with van der Waals surface area (Å²) in [5.41, 5.74) is 7.94. The van der Waals surface area contributed by atoms with Gasteiger partial charge in [0, 0.05) is 11.0 Å². The Balaban J connectivity index is 0.000000407. The Hall–Kier alpha value is -3.43. The summed E-state index contributed by atoms with van der Waals surface area (Å²) in [5, 5.41) is 10.6. The van der Waals surface area contributed by atoms with Crippen molar-refractivity contribution < 1.29 is 21.7 Å². The summed E-state index contributed by atoms with van der Waals surface area (Å²) in [7, 11) is 0. The summed E-state index contributed by atoms with van der Waals surface area (Å²) in [6.07, 6.45) is 5.54. The van der Waals surface area contributed by atoms with E-state index in [1.807, 2.05) is 0 Å². The predicted molar refractivity (Wildman–Crippen MR) is 231 cm³/mol. The van der Waals surface area contributed by atoms with Crippen LogP contribution in [0.4, 0.5) is 0 Å². The summed E-state index contributed by atoms with van der Waals surface area (Å²) in [6.45, 7) is 8.78. The Morgan fingerprint density at radius 1 is 0.431 bits per heavy atom. The first-order chi connectivity index (χ1) is 22.6. The fraction of sp³-hybridized carbons (Fsp3) is 0.170. The zero-order valence-electron chi connectivity index (χ0n) is 30.5. The average molecular weight is 761 g/mol. The second kappa shape index (κ2) is 21.8. The zero-order valence-corrected chi connectivity index (χ0v) is 34.7. The number of fused-ring (bicyclic) bond motifs is 4. The first-order valence-electron chi connectivity index (χ1n) is 16.9. The summed E-state index contributed by atoms with van der Waals surface area (Å²) in [4.78, 5) is 0. The minimum Gasteiger partial charge on any atom is -0.358 e. The molecule has 4 heteroatoms. The SMILES string of the molecule is CCCCCC.Cc1cc2c(-c3cccc4ccccc34)cccc2[cH-]1.Cc1cc2c(-c3cccc4ccccc34)cccc2[cH-]1.Cl.Cl.[CH3-].[Si].[Ti+3]. The molecule has 0 nitrogen and oxygen atoms in total. The molecule has 0 saturated heterocycles. The number of unbranched alkanes of at least 4 members (excludes halogenated alkanes) is 3. The quantitative estimate of drug-likeness (QED) is 0.0931. The summed E-state index contributed by atoms with van der Waals surface area (Å²) < 4.78 is 0. The maximum absolute atomic E-state index is 2.28. The largest absolute Gasteiger partial charge is 3.00 e. The number of benzene rings is 6. The van der Waals surface area contributed by atoms with Crippen molar-refractivity contribution in [2.45, 2.75) is 53.4 Å². The molecular weight excluding hydrogens is 711 g/mol. The van der Waals surface area contributed by atoms with E-state index in [0.717, 1.165) is 0 Å². The molecule has 0 atom stereocenters. The van der Waals surface area contributed by atoms with Crippen LogP contribution < -0.4 is 0 Å². The molecule has 51 heavy (non-hydrogen) atoms. The molecule has 0 aliphatic rings. The van der Waals surface area contributed by atoms with E-state index < -0.39 is 0 Å². The van der Waals surface area contributed by atoms with Crippen molar-refractivity contribution in [1.29, 1.82) is 0 Å². The summed E-state index contributed by atoms with van der Waals surface area (Å²) >= 11 is 0. The van der Waals surface area contributed by atoms with E-state index in [2.05, 4.69) is 173 Å². The molecule has 0 amide bonds. The molecule has 0 fully saturated rings. The molecule has 8 aromatic carbocycles. The molecule has 0 spiro atoms. The standard InChI is InChI=1S/2C20H15.C6H14.CH3.2ClH.Si.Ti/c2*1-14-12-16-8-5-11-19(20(16)13-14)18-10-4-7-15-6-2-3-9-17(15)18;1-3-5-6-4-2;;;;;/h2*2-13H,1H3;3-6H2,1-2H3;1H3;2*1H;;/q2*-1;;-1;;;;+3. The van der Waals surface area contributed by atoms with Gasteiger partial charge >= 0.3 is 21.7 Å². The summed E-state index contributed by atoms with van der Waals surface area (Å²) in [6, 6.07) is 52.5. The zero-order chi connectivity index (χ0) is 31.9. The molecule has 0 aliphatic carbocycles. The van der Waals surface area contributed by atoms with Gasteiger partial charge in [-0.3, -0.25) is 0 Å². The van der Waals surface area contributed by atoms with Gasteiger partial charge in [-0.2, -0.15) is 12.1 Å². The van der Waals surface area contributed by atoms with Crippen LogP contribution in [0, 0.1) is 21.3 Å². The molecule has 0 N–H and O–H groups in total. The molecule has 0 saturated carbocycles. The Kier molecular flexibility index (Phi) is 19.5. The van der Waals surface area contributed by atoms with Gasteiger partial charge in [-0.1, -0.05) is 162 Å². The first-order valence-corrected chi connectivity index (χ1v) is 16.9. The van der Waals surface area contributed by atoms with Gasteiger partial charge in [0.1, 0.15) is 0 Å². The van der Waals surface area contributed by atoms with Gasteiger partial charge in [0.25, 0.3) is 0 Å². The van der Waals surface area contributed by atoms with Crippen molar-refractivity contribution in [2.24, 2.45) is 0 Å². The third kappa shape index (κ3) is 10.6. The Morgan fingerprint density at radius 3 is 1.12 bits per heavy atom. The van der Waals surface area contributed by atoms with E-state index in [9.17, 15) is 0 Å². The van der Waals surface area contributed by atoms with Gasteiger partial charge in [-0.15, -0.1) is 93.9 Å². The number of hydrogen-bond acceptors (Lipinski definition) is 0. The van der Waals surface area contributed by atoms with Crippen molar-refractivity contribution in [3.63, 3.8) is 0 Å².